The lowest BCUT2D eigenvalue weighted by molar-refractivity contribution is -0.132. The Hall–Kier alpha value is -3.57. The van der Waals surface area contributed by atoms with E-state index >= 15 is 0 Å². The number of halogens is 1. The minimum Gasteiger partial charge on any atom is -0.507 e. The Balaban J connectivity index is 1.96. The Morgan fingerprint density at radius 1 is 1.00 bits per heavy atom. The molecule has 0 spiro atoms. The van der Waals surface area contributed by atoms with Crippen molar-refractivity contribution in [3.8, 4) is 5.75 Å². The normalized spacial score (nSPS) is 17.5. The lowest BCUT2D eigenvalue weighted by Crippen LogP contribution is -2.29. The summed E-state index contributed by atoms with van der Waals surface area (Å²) in [6.07, 6.45) is 0. The van der Waals surface area contributed by atoms with Gasteiger partial charge in [-0.3, -0.25) is 14.5 Å². The first-order chi connectivity index (χ1) is 15.8. The first-order valence-corrected chi connectivity index (χ1v) is 11.1. The fourth-order valence-corrected chi connectivity index (χ4v) is 4.43. The smallest absolute Gasteiger partial charge is 0.300 e. The fourth-order valence-electron chi connectivity index (χ4n) is 4.23. The number of aryl methyl sites for hydroxylation is 2. The summed E-state index contributed by atoms with van der Waals surface area (Å²) in [6, 6.07) is 18.9. The van der Waals surface area contributed by atoms with Gasteiger partial charge >= 0.3 is 0 Å². The number of aliphatic hydroxyl groups is 1. The molecule has 3 aromatic rings. The second-order valence-corrected chi connectivity index (χ2v) is 8.41. The SMILES string of the molecule is CCOc1ccc(Cl)c(/C(O)=C2\C(=O)C(=O)N(c3cc(C)cc(C)c3)C2c2ccccc2)c1. The third kappa shape index (κ3) is 4.24. The lowest BCUT2D eigenvalue weighted by atomic mass is 9.95. The summed E-state index contributed by atoms with van der Waals surface area (Å²) >= 11 is 6.38. The van der Waals surface area contributed by atoms with E-state index in [-0.39, 0.29) is 21.9 Å². The predicted molar refractivity (Wildman–Crippen MR) is 130 cm³/mol. The zero-order chi connectivity index (χ0) is 23.7. The van der Waals surface area contributed by atoms with E-state index in [1.165, 1.54) is 4.90 Å². The first-order valence-electron chi connectivity index (χ1n) is 10.7. The molecule has 1 unspecified atom stereocenters. The van der Waals surface area contributed by atoms with E-state index in [1.807, 2.05) is 69.3 Å². The molecule has 1 N–H and O–H groups in total. The van der Waals surface area contributed by atoms with Gasteiger partial charge < -0.3 is 9.84 Å². The standard InChI is InChI=1S/C27H24ClNO4/c1-4-33-20-10-11-22(28)21(15-20)25(30)23-24(18-8-6-5-7-9-18)29(27(32)26(23)31)19-13-16(2)12-17(3)14-19/h5-15,24,30H,4H2,1-3H3/b25-23+. The Morgan fingerprint density at radius 2 is 1.67 bits per heavy atom. The number of hydrogen-bond donors (Lipinski definition) is 1. The molecule has 5 nitrogen and oxygen atoms in total. The van der Waals surface area contributed by atoms with Crippen molar-refractivity contribution in [1.82, 2.24) is 0 Å². The molecule has 0 saturated carbocycles. The molecule has 0 aliphatic carbocycles. The van der Waals surface area contributed by atoms with Crippen LogP contribution in [0.1, 0.15) is 35.2 Å². The second-order valence-electron chi connectivity index (χ2n) is 8.00. The number of Topliss-reactive ketones (excluding diaryl/α,β-unsaturated/α-hetero) is 1. The highest BCUT2D eigenvalue weighted by molar-refractivity contribution is 6.52. The summed E-state index contributed by atoms with van der Waals surface area (Å²) in [7, 11) is 0. The molecule has 6 heteroatoms. The van der Waals surface area contributed by atoms with E-state index < -0.39 is 17.7 Å². The number of carbonyl (C=O) groups is 2. The molecular formula is C27H24ClNO4. The van der Waals surface area contributed by atoms with Gasteiger partial charge in [-0.05, 0) is 67.8 Å². The zero-order valence-electron chi connectivity index (χ0n) is 18.6. The van der Waals surface area contributed by atoms with E-state index in [2.05, 4.69) is 0 Å². The van der Waals surface area contributed by atoms with Crippen LogP contribution in [0.2, 0.25) is 5.02 Å². The number of ketones is 1. The first kappa shape index (κ1) is 22.6. The molecule has 168 valence electrons. The van der Waals surface area contributed by atoms with Crippen molar-refractivity contribution < 1.29 is 19.4 Å². The van der Waals surface area contributed by atoms with Crippen LogP contribution in [0.15, 0.2) is 72.3 Å². The third-order valence-electron chi connectivity index (χ3n) is 5.55. The van der Waals surface area contributed by atoms with Gasteiger partial charge in [0.1, 0.15) is 11.5 Å². The summed E-state index contributed by atoms with van der Waals surface area (Å²) in [6.45, 7) is 6.15. The number of carbonyl (C=O) groups excluding carboxylic acids is 2. The van der Waals surface area contributed by atoms with Gasteiger partial charge in [0.15, 0.2) is 0 Å². The summed E-state index contributed by atoms with van der Waals surface area (Å²) < 4.78 is 5.54. The Morgan fingerprint density at radius 3 is 2.30 bits per heavy atom. The number of rotatable bonds is 5. The molecule has 0 bridgehead atoms. The quantitative estimate of drug-likeness (QED) is 0.288. The van der Waals surface area contributed by atoms with Crippen molar-refractivity contribution in [3.05, 3.63) is 99.6 Å². The van der Waals surface area contributed by atoms with Gasteiger partial charge in [0, 0.05) is 11.3 Å². The Bertz CT molecular complexity index is 1250. The van der Waals surface area contributed by atoms with Gasteiger partial charge in [-0.15, -0.1) is 0 Å². The molecule has 0 radical (unpaired) electrons. The lowest BCUT2D eigenvalue weighted by Gasteiger charge is -2.26. The molecular weight excluding hydrogens is 438 g/mol. The zero-order valence-corrected chi connectivity index (χ0v) is 19.4. The van der Waals surface area contributed by atoms with E-state index in [1.54, 1.807) is 18.2 Å². The van der Waals surface area contributed by atoms with Crippen LogP contribution >= 0.6 is 11.6 Å². The number of nitrogens with zero attached hydrogens (tertiary/aromatic N) is 1. The van der Waals surface area contributed by atoms with E-state index in [0.717, 1.165) is 11.1 Å². The van der Waals surface area contributed by atoms with Crippen LogP contribution in [0.25, 0.3) is 5.76 Å². The number of benzene rings is 3. The Labute approximate surface area is 197 Å². The minimum atomic E-state index is -0.806. The van der Waals surface area contributed by atoms with Crippen molar-refractivity contribution in [3.63, 3.8) is 0 Å². The maximum Gasteiger partial charge on any atom is 0.300 e. The molecule has 4 rings (SSSR count). The molecule has 1 aliphatic heterocycles. The van der Waals surface area contributed by atoms with Gasteiger partial charge in [-0.1, -0.05) is 48.0 Å². The summed E-state index contributed by atoms with van der Waals surface area (Å²) in [5, 5.41) is 11.6. The van der Waals surface area contributed by atoms with Gasteiger partial charge in [-0.2, -0.15) is 0 Å². The van der Waals surface area contributed by atoms with Crippen LogP contribution < -0.4 is 9.64 Å². The molecule has 3 aromatic carbocycles. The maximum absolute atomic E-state index is 13.3. The van der Waals surface area contributed by atoms with Crippen molar-refractivity contribution in [2.45, 2.75) is 26.8 Å². The molecule has 1 saturated heterocycles. The van der Waals surface area contributed by atoms with Gasteiger partial charge in [0.2, 0.25) is 0 Å². The highest BCUT2D eigenvalue weighted by Crippen LogP contribution is 2.43. The highest BCUT2D eigenvalue weighted by Gasteiger charge is 2.47. The van der Waals surface area contributed by atoms with Gasteiger partial charge in [0.05, 0.1) is 23.2 Å². The number of anilines is 1. The third-order valence-corrected chi connectivity index (χ3v) is 5.88. The summed E-state index contributed by atoms with van der Waals surface area (Å²) in [5.41, 5.74) is 3.45. The predicted octanol–water partition coefficient (Wildman–Crippen LogP) is 5.98. The molecule has 1 atom stereocenters. The number of ether oxygens (including phenoxy) is 1. The molecule has 1 amide bonds. The van der Waals surface area contributed by atoms with Crippen molar-refractivity contribution in [1.29, 1.82) is 0 Å². The molecule has 33 heavy (non-hydrogen) atoms. The Kier molecular flexibility index (Phi) is 6.25. The van der Waals surface area contributed by atoms with Crippen LogP contribution in [-0.2, 0) is 9.59 Å². The largest absolute Gasteiger partial charge is 0.507 e. The van der Waals surface area contributed by atoms with Crippen LogP contribution in [-0.4, -0.2) is 23.4 Å². The van der Waals surface area contributed by atoms with Crippen LogP contribution in [0.3, 0.4) is 0 Å². The second kappa shape index (κ2) is 9.12. The maximum atomic E-state index is 13.3. The fraction of sp³-hybridized carbons (Fsp3) is 0.185. The monoisotopic (exact) mass is 461 g/mol. The van der Waals surface area contributed by atoms with Gasteiger partial charge in [0.25, 0.3) is 11.7 Å². The minimum absolute atomic E-state index is 0.0130. The average Bonchev–Trinajstić information content (AvgIpc) is 3.05. The molecule has 1 fully saturated rings. The van der Waals surface area contributed by atoms with Crippen molar-refractivity contribution in [2.24, 2.45) is 0 Å². The number of amides is 1. The van der Waals surface area contributed by atoms with Crippen LogP contribution in [0, 0.1) is 13.8 Å². The van der Waals surface area contributed by atoms with Crippen molar-refractivity contribution in [2.75, 3.05) is 11.5 Å². The van der Waals surface area contributed by atoms with Crippen LogP contribution in [0.5, 0.6) is 5.75 Å². The summed E-state index contributed by atoms with van der Waals surface area (Å²) in [5.74, 6) is -1.30. The highest BCUT2D eigenvalue weighted by atomic mass is 35.5. The van der Waals surface area contributed by atoms with Crippen molar-refractivity contribution >= 4 is 34.7 Å². The average molecular weight is 462 g/mol. The van der Waals surface area contributed by atoms with Crippen LogP contribution in [0.4, 0.5) is 5.69 Å². The molecule has 1 aliphatic rings. The molecule has 0 aromatic heterocycles. The number of hydrogen-bond acceptors (Lipinski definition) is 4. The van der Waals surface area contributed by atoms with E-state index in [4.69, 9.17) is 16.3 Å². The summed E-state index contributed by atoms with van der Waals surface area (Å²) in [4.78, 5) is 28.0. The van der Waals surface area contributed by atoms with E-state index in [9.17, 15) is 14.7 Å². The van der Waals surface area contributed by atoms with Gasteiger partial charge in [-0.25, -0.2) is 0 Å². The molecule has 1 heterocycles. The van der Waals surface area contributed by atoms with E-state index in [0.29, 0.717) is 23.6 Å². The number of aliphatic hydroxyl groups excluding tert-OH is 1. The topological polar surface area (TPSA) is 66.8 Å².